The van der Waals surface area contributed by atoms with Gasteiger partial charge in [0.25, 0.3) is 0 Å². The minimum absolute atomic E-state index is 0.219. The van der Waals surface area contributed by atoms with Gasteiger partial charge < -0.3 is 14.8 Å². The Hall–Kier alpha value is -2.11. The average molecular weight is 283 g/mol. The Kier molecular flexibility index (Phi) is 6.49. The van der Waals surface area contributed by atoms with Gasteiger partial charge in [0.1, 0.15) is 17.6 Å². The second-order valence-electron chi connectivity index (χ2n) is 4.22. The van der Waals surface area contributed by atoms with Crippen LogP contribution in [0.3, 0.4) is 0 Å². The number of carbonyl (C=O) groups is 2. The largest absolute Gasteiger partial charge is 0.493 e. The van der Waals surface area contributed by atoms with E-state index in [0.29, 0.717) is 18.8 Å². The maximum absolute atomic E-state index is 12.9. The van der Waals surface area contributed by atoms with Gasteiger partial charge in [-0.2, -0.15) is 0 Å². The van der Waals surface area contributed by atoms with Gasteiger partial charge in [0, 0.05) is 12.5 Å². The molecule has 0 spiro atoms. The lowest BCUT2D eigenvalue weighted by Crippen LogP contribution is -2.39. The summed E-state index contributed by atoms with van der Waals surface area (Å²) in [5, 5.41) is 2.51. The minimum atomic E-state index is -0.670. The second-order valence-corrected chi connectivity index (χ2v) is 4.22. The zero-order chi connectivity index (χ0) is 15.0. The number of nitrogens with one attached hydrogen (secondary N) is 1. The summed E-state index contributed by atoms with van der Waals surface area (Å²) in [5.74, 6) is -0.694. The van der Waals surface area contributed by atoms with E-state index in [1.165, 1.54) is 19.2 Å². The molecule has 0 heterocycles. The third kappa shape index (κ3) is 5.69. The summed E-state index contributed by atoms with van der Waals surface area (Å²) in [6, 6.07) is 5.13. The van der Waals surface area contributed by atoms with Crippen molar-refractivity contribution in [2.45, 2.75) is 25.8 Å². The van der Waals surface area contributed by atoms with Gasteiger partial charge in [-0.25, -0.2) is 9.18 Å². The van der Waals surface area contributed by atoms with Crippen molar-refractivity contribution in [3.05, 3.63) is 30.1 Å². The van der Waals surface area contributed by atoms with Crippen molar-refractivity contribution in [1.82, 2.24) is 5.32 Å². The molecule has 0 radical (unpaired) electrons. The summed E-state index contributed by atoms with van der Waals surface area (Å²) in [6.45, 7) is 1.84. The van der Waals surface area contributed by atoms with E-state index in [-0.39, 0.29) is 18.1 Å². The Morgan fingerprint density at radius 1 is 1.40 bits per heavy atom. The monoisotopic (exact) mass is 283 g/mol. The molecule has 20 heavy (non-hydrogen) atoms. The van der Waals surface area contributed by atoms with Crippen LogP contribution in [0.4, 0.5) is 4.39 Å². The molecule has 110 valence electrons. The molecule has 0 aromatic heterocycles. The fourth-order valence-electron chi connectivity index (χ4n) is 1.53. The van der Waals surface area contributed by atoms with Crippen molar-refractivity contribution in [3.8, 4) is 5.75 Å². The van der Waals surface area contributed by atoms with Crippen LogP contribution in [0.25, 0.3) is 0 Å². The molecule has 1 N–H and O–H groups in total. The number of esters is 1. The number of halogens is 1. The van der Waals surface area contributed by atoms with Crippen LogP contribution in [0.15, 0.2) is 24.3 Å². The lowest BCUT2D eigenvalue weighted by Gasteiger charge is -2.11. The van der Waals surface area contributed by atoms with Gasteiger partial charge in [-0.1, -0.05) is 6.07 Å². The van der Waals surface area contributed by atoms with Crippen LogP contribution in [0, 0.1) is 5.82 Å². The van der Waals surface area contributed by atoms with Crippen LogP contribution in [-0.4, -0.2) is 31.6 Å². The molecular formula is C14H18FNO4. The van der Waals surface area contributed by atoms with Crippen molar-refractivity contribution in [2.75, 3.05) is 13.7 Å². The molecule has 5 nitrogen and oxygen atoms in total. The summed E-state index contributed by atoms with van der Waals surface area (Å²) in [6.07, 6.45) is 0.687. The van der Waals surface area contributed by atoms with Gasteiger partial charge in [0.05, 0.1) is 13.7 Å². The standard InChI is InChI=1S/C14H18FNO4/c1-10(14(18)19-2)16-13(17)7-4-8-20-12-6-3-5-11(15)9-12/h3,5-6,9-10H,4,7-8H2,1-2H3,(H,16,17)/t10-/m0/s1. The minimum Gasteiger partial charge on any atom is -0.493 e. The Balaban J connectivity index is 2.21. The highest BCUT2D eigenvalue weighted by molar-refractivity contribution is 5.83. The molecule has 1 aromatic carbocycles. The molecule has 0 saturated carbocycles. The van der Waals surface area contributed by atoms with Crippen LogP contribution in [0.1, 0.15) is 19.8 Å². The normalized spacial score (nSPS) is 11.6. The van der Waals surface area contributed by atoms with Crippen molar-refractivity contribution < 1.29 is 23.5 Å². The quantitative estimate of drug-likeness (QED) is 0.610. The topological polar surface area (TPSA) is 64.6 Å². The SMILES string of the molecule is COC(=O)[C@H](C)NC(=O)CCCOc1cccc(F)c1. The summed E-state index contributed by atoms with van der Waals surface area (Å²) < 4.78 is 22.7. The first kappa shape index (κ1) is 15.9. The third-order valence-electron chi connectivity index (χ3n) is 2.55. The van der Waals surface area contributed by atoms with E-state index in [0.717, 1.165) is 0 Å². The number of amides is 1. The molecule has 1 amide bonds. The van der Waals surface area contributed by atoms with Gasteiger partial charge in [0.2, 0.25) is 5.91 Å². The molecule has 1 aromatic rings. The van der Waals surface area contributed by atoms with E-state index in [9.17, 15) is 14.0 Å². The Morgan fingerprint density at radius 2 is 2.15 bits per heavy atom. The number of benzene rings is 1. The maximum Gasteiger partial charge on any atom is 0.328 e. The van der Waals surface area contributed by atoms with E-state index in [1.54, 1.807) is 19.1 Å². The number of ether oxygens (including phenoxy) is 2. The Morgan fingerprint density at radius 3 is 2.80 bits per heavy atom. The number of carbonyl (C=O) groups excluding carboxylic acids is 2. The summed E-state index contributed by atoms with van der Waals surface area (Å²) >= 11 is 0. The van der Waals surface area contributed by atoms with Crippen molar-refractivity contribution in [3.63, 3.8) is 0 Å². The number of rotatable bonds is 7. The lowest BCUT2D eigenvalue weighted by atomic mass is 10.2. The second kappa shape index (κ2) is 8.14. The van der Waals surface area contributed by atoms with Crippen LogP contribution >= 0.6 is 0 Å². The third-order valence-corrected chi connectivity index (χ3v) is 2.55. The molecule has 1 rings (SSSR count). The molecule has 0 fully saturated rings. The zero-order valence-electron chi connectivity index (χ0n) is 11.5. The first-order valence-electron chi connectivity index (χ1n) is 6.28. The lowest BCUT2D eigenvalue weighted by molar-refractivity contribution is -0.144. The highest BCUT2D eigenvalue weighted by atomic mass is 19.1. The van der Waals surface area contributed by atoms with E-state index < -0.39 is 12.0 Å². The van der Waals surface area contributed by atoms with Gasteiger partial charge in [-0.15, -0.1) is 0 Å². The molecule has 0 aliphatic heterocycles. The maximum atomic E-state index is 12.9. The fourth-order valence-corrected chi connectivity index (χ4v) is 1.53. The van der Waals surface area contributed by atoms with E-state index >= 15 is 0 Å². The average Bonchev–Trinajstić information content (AvgIpc) is 2.42. The molecule has 0 saturated heterocycles. The van der Waals surface area contributed by atoms with Crippen molar-refractivity contribution in [2.24, 2.45) is 0 Å². The first-order valence-corrected chi connectivity index (χ1v) is 6.28. The summed E-state index contributed by atoms with van der Waals surface area (Å²) in [5.41, 5.74) is 0. The van der Waals surface area contributed by atoms with Crippen molar-refractivity contribution >= 4 is 11.9 Å². The van der Waals surface area contributed by atoms with Gasteiger partial charge in [-0.3, -0.25) is 4.79 Å². The van der Waals surface area contributed by atoms with Crippen molar-refractivity contribution in [1.29, 1.82) is 0 Å². The van der Waals surface area contributed by atoms with Gasteiger partial charge in [-0.05, 0) is 25.5 Å². The van der Waals surface area contributed by atoms with E-state index in [1.807, 2.05) is 0 Å². The molecule has 0 aliphatic carbocycles. The molecule has 6 heteroatoms. The van der Waals surface area contributed by atoms with E-state index in [2.05, 4.69) is 10.1 Å². The number of hydrogen-bond acceptors (Lipinski definition) is 4. The summed E-state index contributed by atoms with van der Waals surface area (Å²) in [7, 11) is 1.26. The molecular weight excluding hydrogens is 265 g/mol. The fraction of sp³-hybridized carbons (Fsp3) is 0.429. The molecule has 0 aliphatic rings. The molecule has 1 atom stereocenters. The highest BCUT2D eigenvalue weighted by Crippen LogP contribution is 2.12. The number of hydrogen-bond donors (Lipinski definition) is 1. The Labute approximate surface area is 117 Å². The highest BCUT2D eigenvalue weighted by Gasteiger charge is 2.15. The van der Waals surface area contributed by atoms with Crippen LogP contribution in [0.2, 0.25) is 0 Å². The van der Waals surface area contributed by atoms with Crippen LogP contribution in [0.5, 0.6) is 5.75 Å². The predicted octanol–water partition coefficient (Wildman–Crippen LogP) is 1.66. The predicted molar refractivity (Wildman–Crippen MR) is 70.7 cm³/mol. The summed E-state index contributed by atoms with van der Waals surface area (Å²) in [4.78, 5) is 22.6. The van der Waals surface area contributed by atoms with Gasteiger partial charge >= 0.3 is 5.97 Å². The zero-order valence-corrected chi connectivity index (χ0v) is 11.5. The van der Waals surface area contributed by atoms with Crippen LogP contribution < -0.4 is 10.1 Å². The van der Waals surface area contributed by atoms with Crippen LogP contribution in [-0.2, 0) is 14.3 Å². The van der Waals surface area contributed by atoms with E-state index in [4.69, 9.17) is 4.74 Å². The number of methoxy groups -OCH3 is 1. The first-order chi connectivity index (χ1) is 9.52. The van der Waals surface area contributed by atoms with Gasteiger partial charge in [0.15, 0.2) is 0 Å². The molecule has 0 bridgehead atoms. The molecule has 0 unspecified atom stereocenters. The smallest absolute Gasteiger partial charge is 0.328 e. The Bertz CT molecular complexity index is 464.